The van der Waals surface area contributed by atoms with E-state index in [1.165, 1.54) is 12.6 Å². The van der Waals surface area contributed by atoms with E-state index in [1.807, 2.05) is 0 Å². The van der Waals surface area contributed by atoms with Crippen LogP contribution in [-0.2, 0) is 0 Å². The first-order chi connectivity index (χ1) is 3.27. The van der Waals surface area contributed by atoms with E-state index < -0.39 is 0 Å². The molecule has 44 valence electrons. The van der Waals surface area contributed by atoms with Crippen LogP contribution in [0.2, 0.25) is 0 Å². The SMILES string of the molecule is CPCCC(C)N. The maximum Gasteiger partial charge on any atom is 0.00137 e. The molecule has 0 fully saturated rings. The molecule has 0 aliphatic carbocycles. The second-order valence-corrected chi connectivity index (χ2v) is 3.08. The van der Waals surface area contributed by atoms with Gasteiger partial charge in [-0.3, -0.25) is 0 Å². The molecule has 1 nitrogen and oxygen atoms in total. The van der Waals surface area contributed by atoms with E-state index >= 15 is 0 Å². The first-order valence-electron chi connectivity index (χ1n) is 2.67. The van der Waals surface area contributed by atoms with Gasteiger partial charge in [0.15, 0.2) is 0 Å². The Bertz CT molecular complexity index is 37.1. The summed E-state index contributed by atoms with van der Waals surface area (Å²) in [4.78, 5) is 0. The molecule has 0 radical (unpaired) electrons. The highest BCUT2D eigenvalue weighted by Crippen LogP contribution is 2.04. The van der Waals surface area contributed by atoms with Crippen molar-refractivity contribution < 1.29 is 0 Å². The summed E-state index contributed by atoms with van der Waals surface area (Å²) in [5.41, 5.74) is 5.48. The fraction of sp³-hybridized carbons (Fsp3) is 1.00. The van der Waals surface area contributed by atoms with Crippen LogP contribution in [0.1, 0.15) is 13.3 Å². The van der Waals surface area contributed by atoms with Crippen molar-refractivity contribution in [3.8, 4) is 0 Å². The van der Waals surface area contributed by atoms with Gasteiger partial charge < -0.3 is 5.73 Å². The van der Waals surface area contributed by atoms with Crippen LogP contribution in [0.4, 0.5) is 0 Å². The van der Waals surface area contributed by atoms with Gasteiger partial charge in [0.2, 0.25) is 0 Å². The first kappa shape index (κ1) is 7.39. The maximum atomic E-state index is 5.48. The predicted molar refractivity (Wildman–Crippen MR) is 37.4 cm³/mol. The fourth-order valence-electron chi connectivity index (χ4n) is 0.372. The molecule has 2 heteroatoms. The molecule has 0 saturated carbocycles. The highest BCUT2D eigenvalue weighted by Gasteiger charge is 1.88. The average Bonchev–Trinajstić information content (AvgIpc) is 1.61. The lowest BCUT2D eigenvalue weighted by atomic mass is 10.3. The lowest BCUT2D eigenvalue weighted by Gasteiger charge is -1.99. The summed E-state index contributed by atoms with van der Waals surface area (Å²) in [5.74, 6) is 0. The molecule has 0 aliphatic heterocycles. The van der Waals surface area contributed by atoms with Gasteiger partial charge in [0.05, 0.1) is 0 Å². The minimum Gasteiger partial charge on any atom is -0.328 e. The van der Waals surface area contributed by atoms with Crippen molar-refractivity contribution in [3.63, 3.8) is 0 Å². The van der Waals surface area contributed by atoms with E-state index in [0.717, 1.165) is 8.58 Å². The molecule has 0 aromatic heterocycles. The van der Waals surface area contributed by atoms with E-state index in [0.29, 0.717) is 6.04 Å². The molecule has 0 saturated heterocycles. The molecule has 0 aliphatic rings. The molecule has 0 spiro atoms. The molecule has 0 bridgehead atoms. The molecule has 7 heavy (non-hydrogen) atoms. The molecule has 2 atom stereocenters. The number of hydrogen-bond acceptors (Lipinski definition) is 1. The standard InChI is InChI=1S/C5H14NP/c1-5(6)3-4-7-2/h5,7H,3-4,6H2,1-2H3. The summed E-state index contributed by atoms with van der Waals surface area (Å²) >= 11 is 0. The molecule has 0 rings (SSSR count). The van der Waals surface area contributed by atoms with E-state index in [1.54, 1.807) is 0 Å². The number of nitrogens with two attached hydrogens (primary N) is 1. The van der Waals surface area contributed by atoms with Crippen LogP contribution in [0.3, 0.4) is 0 Å². The van der Waals surface area contributed by atoms with Gasteiger partial charge in [-0.2, -0.15) is 0 Å². The van der Waals surface area contributed by atoms with Crippen molar-refractivity contribution in [3.05, 3.63) is 0 Å². The Balaban J connectivity index is 2.68. The summed E-state index contributed by atoms with van der Waals surface area (Å²) in [6.45, 7) is 4.27. The minimum absolute atomic E-state index is 0.410. The van der Waals surface area contributed by atoms with Crippen molar-refractivity contribution in [2.75, 3.05) is 12.8 Å². The molecule has 0 aromatic rings. The quantitative estimate of drug-likeness (QED) is 0.552. The van der Waals surface area contributed by atoms with Crippen LogP contribution in [-0.4, -0.2) is 18.9 Å². The number of hydrogen-bond donors (Lipinski definition) is 1. The van der Waals surface area contributed by atoms with Crippen LogP contribution in [0.5, 0.6) is 0 Å². The first-order valence-corrected chi connectivity index (χ1v) is 4.38. The molecule has 0 amide bonds. The summed E-state index contributed by atoms with van der Waals surface area (Å²) in [6.07, 6.45) is 2.49. The Hall–Kier alpha value is 0.390. The smallest absolute Gasteiger partial charge is 0.00137 e. The van der Waals surface area contributed by atoms with E-state index in [4.69, 9.17) is 5.73 Å². The van der Waals surface area contributed by atoms with Crippen LogP contribution in [0.25, 0.3) is 0 Å². The zero-order valence-electron chi connectivity index (χ0n) is 5.07. The molecule has 2 N–H and O–H groups in total. The third kappa shape index (κ3) is 6.39. The second-order valence-electron chi connectivity index (χ2n) is 1.87. The summed E-state index contributed by atoms with van der Waals surface area (Å²) in [7, 11) is 1.07. The normalized spacial score (nSPS) is 15.9. The summed E-state index contributed by atoms with van der Waals surface area (Å²) in [5, 5.41) is 0. The van der Waals surface area contributed by atoms with Crippen LogP contribution >= 0.6 is 8.58 Å². The monoisotopic (exact) mass is 119 g/mol. The Morgan fingerprint density at radius 1 is 1.71 bits per heavy atom. The van der Waals surface area contributed by atoms with Gasteiger partial charge in [-0.1, -0.05) is 0 Å². The van der Waals surface area contributed by atoms with Gasteiger partial charge in [0.1, 0.15) is 0 Å². The Kier molecular flexibility index (Phi) is 4.80. The fourth-order valence-corrected chi connectivity index (χ4v) is 1.12. The third-order valence-electron chi connectivity index (χ3n) is 0.850. The lowest BCUT2D eigenvalue weighted by molar-refractivity contribution is 0.720. The van der Waals surface area contributed by atoms with Crippen molar-refractivity contribution in [1.82, 2.24) is 0 Å². The topological polar surface area (TPSA) is 26.0 Å². The van der Waals surface area contributed by atoms with Crippen LogP contribution in [0.15, 0.2) is 0 Å². The highest BCUT2D eigenvalue weighted by atomic mass is 31.1. The molecule has 2 unspecified atom stereocenters. The Labute approximate surface area is 47.5 Å². The van der Waals surface area contributed by atoms with Gasteiger partial charge in [-0.15, -0.1) is 8.58 Å². The predicted octanol–water partition coefficient (Wildman–Crippen LogP) is 1.03. The highest BCUT2D eigenvalue weighted by molar-refractivity contribution is 7.36. The largest absolute Gasteiger partial charge is 0.328 e. The molecular weight excluding hydrogens is 105 g/mol. The average molecular weight is 119 g/mol. The van der Waals surface area contributed by atoms with Crippen LogP contribution < -0.4 is 5.73 Å². The maximum absolute atomic E-state index is 5.48. The van der Waals surface area contributed by atoms with Crippen LogP contribution in [0, 0.1) is 0 Å². The van der Waals surface area contributed by atoms with Gasteiger partial charge in [0.25, 0.3) is 0 Å². The van der Waals surface area contributed by atoms with Crippen molar-refractivity contribution >= 4 is 8.58 Å². The van der Waals surface area contributed by atoms with Gasteiger partial charge in [0, 0.05) is 6.04 Å². The van der Waals surface area contributed by atoms with E-state index in [9.17, 15) is 0 Å². The van der Waals surface area contributed by atoms with E-state index in [-0.39, 0.29) is 0 Å². The van der Waals surface area contributed by atoms with Gasteiger partial charge in [-0.05, 0) is 26.2 Å². The molecular formula is C5H14NP. The Morgan fingerprint density at radius 2 is 2.29 bits per heavy atom. The van der Waals surface area contributed by atoms with Gasteiger partial charge in [-0.25, -0.2) is 0 Å². The zero-order valence-corrected chi connectivity index (χ0v) is 6.07. The zero-order chi connectivity index (χ0) is 5.70. The van der Waals surface area contributed by atoms with Gasteiger partial charge >= 0.3 is 0 Å². The second kappa shape index (κ2) is 4.55. The number of rotatable bonds is 3. The van der Waals surface area contributed by atoms with Crippen molar-refractivity contribution in [2.45, 2.75) is 19.4 Å². The molecule has 0 aromatic carbocycles. The molecule has 0 heterocycles. The van der Waals surface area contributed by atoms with Crippen molar-refractivity contribution in [2.24, 2.45) is 5.73 Å². The Morgan fingerprint density at radius 3 is 2.43 bits per heavy atom. The lowest BCUT2D eigenvalue weighted by Crippen LogP contribution is -2.14. The van der Waals surface area contributed by atoms with Crippen molar-refractivity contribution in [1.29, 1.82) is 0 Å². The summed E-state index contributed by atoms with van der Waals surface area (Å²) in [6, 6.07) is 0.410. The third-order valence-corrected chi connectivity index (χ3v) is 1.64. The summed E-state index contributed by atoms with van der Waals surface area (Å²) < 4.78 is 0. The minimum atomic E-state index is 0.410. The van der Waals surface area contributed by atoms with E-state index in [2.05, 4.69) is 13.6 Å².